The molecule has 0 bridgehead atoms. The molecule has 0 aromatic heterocycles. The van der Waals surface area contributed by atoms with Gasteiger partial charge in [-0.25, -0.2) is 0 Å². The van der Waals surface area contributed by atoms with E-state index in [-0.39, 0.29) is 0 Å². The van der Waals surface area contributed by atoms with Crippen LogP contribution in [0.3, 0.4) is 0 Å². The number of rotatable bonds is 10. The van der Waals surface area contributed by atoms with Crippen molar-refractivity contribution in [2.24, 2.45) is 0 Å². The SMILES string of the molecule is CCC(CC)N(CCOC)CC(NC)c1ccc(C)cc1. The van der Waals surface area contributed by atoms with Crippen LogP contribution >= 0.6 is 0 Å². The Bertz CT molecular complexity index is 373. The Morgan fingerprint density at radius 2 is 1.76 bits per heavy atom. The fourth-order valence-electron chi connectivity index (χ4n) is 2.83. The van der Waals surface area contributed by atoms with Gasteiger partial charge in [0.2, 0.25) is 0 Å². The summed E-state index contributed by atoms with van der Waals surface area (Å²) in [7, 11) is 3.83. The molecule has 1 aromatic carbocycles. The smallest absolute Gasteiger partial charge is 0.0589 e. The lowest BCUT2D eigenvalue weighted by Crippen LogP contribution is -2.42. The average Bonchev–Trinajstić information content (AvgIpc) is 2.51. The minimum absolute atomic E-state index is 0.364. The molecular weight excluding hydrogens is 260 g/mol. The first-order chi connectivity index (χ1) is 10.2. The number of benzene rings is 1. The fraction of sp³-hybridized carbons (Fsp3) is 0.667. The van der Waals surface area contributed by atoms with Gasteiger partial charge in [0, 0.05) is 32.3 Å². The average molecular weight is 292 g/mol. The van der Waals surface area contributed by atoms with E-state index in [0.717, 1.165) is 19.7 Å². The first kappa shape index (κ1) is 18.1. The van der Waals surface area contributed by atoms with Crippen LogP contribution in [0.25, 0.3) is 0 Å². The standard InChI is InChI=1S/C18H32N2O/c1-6-17(7-2)20(12-13-21-5)14-18(19-4)16-10-8-15(3)9-11-16/h8-11,17-19H,6-7,12-14H2,1-5H3. The highest BCUT2D eigenvalue weighted by Crippen LogP contribution is 2.18. The lowest BCUT2D eigenvalue weighted by molar-refractivity contribution is 0.107. The molecular formula is C18H32N2O. The molecule has 120 valence electrons. The summed E-state index contributed by atoms with van der Waals surface area (Å²) in [4.78, 5) is 2.56. The van der Waals surface area contributed by atoms with Gasteiger partial charge >= 0.3 is 0 Å². The van der Waals surface area contributed by atoms with Crippen molar-refractivity contribution in [2.45, 2.75) is 45.7 Å². The summed E-state index contributed by atoms with van der Waals surface area (Å²) in [5.41, 5.74) is 2.67. The van der Waals surface area contributed by atoms with Gasteiger partial charge in [-0.1, -0.05) is 43.7 Å². The Hall–Kier alpha value is -0.900. The van der Waals surface area contributed by atoms with Crippen molar-refractivity contribution in [2.75, 3.05) is 33.9 Å². The monoisotopic (exact) mass is 292 g/mol. The van der Waals surface area contributed by atoms with E-state index in [4.69, 9.17) is 4.74 Å². The van der Waals surface area contributed by atoms with E-state index < -0.39 is 0 Å². The molecule has 0 aliphatic rings. The van der Waals surface area contributed by atoms with Gasteiger partial charge in [-0.05, 0) is 32.4 Å². The van der Waals surface area contributed by atoms with E-state index >= 15 is 0 Å². The van der Waals surface area contributed by atoms with Crippen LogP contribution in [0.15, 0.2) is 24.3 Å². The third-order valence-corrected chi connectivity index (χ3v) is 4.29. The predicted octanol–water partition coefficient (Wildman–Crippen LogP) is 3.39. The van der Waals surface area contributed by atoms with Crippen molar-refractivity contribution >= 4 is 0 Å². The second kappa shape index (κ2) is 9.93. The van der Waals surface area contributed by atoms with Gasteiger partial charge in [-0.15, -0.1) is 0 Å². The van der Waals surface area contributed by atoms with Crippen LogP contribution in [0.2, 0.25) is 0 Å². The van der Waals surface area contributed by atoms with E-state index in [0.29, 0.717) is 12.1 Å². The molecule has 0 saturated carbocycles. The topological polar surface area (TPSA) is 24.5 Å². The maximum Gasteiger partial charge on any atom is 0.0589 e. The van der Waals surface area contributed by atoms with Gasteiger partial charge in [0.25, 0.3) is 0 Å². The Labute approximate surface area is 130 Å². The molecule has 3 nitrogen and oxygen atoms in total. The third kappa shape index (κ3) is 5.77. The van der Waals surface area contributed by atoms with Crippen molar-refractivity contribution < 1.29 is 4.74 Å². The lowest BCUT2D eigenvalue weighted by atomic mass is 10.0. The summed E-state index contributed by atoms with van der Waals surface area (Å²) in [5, 5.41) is 3.47. The van der Waals surface area contributed by atoms with E-state index in [1.54, 1.807) is 7.11 Å². The van der Waals surface area contributed by atoms with E-state index in [2.05, 4.69) is 55.3 Å². The predicted molar refractivity (Wildman–Crippen MR) is 90.8 cm³/mol. The van der Waals surface area contributed by atoms with E-state index in [1.165, 1.54) is 24.0 Å². The number of aryl methyl sites for hydroxylation is 1. The minimum atomic E-state index is 0.364. The van der Waals surface area contributed by atoms with Crippen molar-refractivity contribution in [3.63, 3.8) is 0 Å². The zero-order chi connectivity index (χ0) is 15.7. The van der Waals surface area contributed by atoms with Crippen molar-refractivity contribution in [3.8, 4) is 0 Å². The number of likely N-dealkylation sites (N-methyl/N-ethyl adjacent to an activating group) is 1. The van der Waals surface area contributed by atoms with Crippen LogP contribution in [0.5, 0.6) is 0 Å². The van der Waals surface area contributed by atoms with Gasteiger partial charge < -0.3 is 10.1 Å². The van der Waals surface area contributed by atoms with Crippen molar-refractivity contribution in [1.82, 2.24) is 10.2 Å². The quantitative estimate of drug-likeness (QED) is 0.715. The molecule has 0 aliphatic carbocycles. The Balaban J connectivity index is 2.79. The maximum atomic E-state index is 5.29. The Kier molecular flexibility index (Phi) is 8.58. The molecule has 0 heterocycles. The molecule has 1 aromatic rings. The summed E-state index contributed by atoms with van der Waals surface area (Å²) in [6, 6.07) is 9.84. The molecule has 1 unspecified atom stereocenters. The first-order valence-electron chi connectivity index (χ1n) is 8.13. The Morgan fingerprint density at radius 1 is 1.14 bits per heavy atom. The van der Waals surface area contributed by atoms with Crippen molar-refractivity contribution in [1.29, 1.82) is 0 Å². The van der Waals surface area contributed by atoms with Gasteiger partial charge in [-0.2, -0.15) is 0 Å². The highest BCUT2D eigenvalue weighted by Gasteiger charge is 2.19. The van der Waals surface area contributed by atoms with Gasteiger partial charge in [0.15, 0.2) is 0 Å². The number of hydrogen-bond acceptors (Lipinski definition) is 3. The second-order valence-corrected chi connectivity index (χ2v) is 5.71. The fourth-order valence-corrected chi connectivity index (χ4v) is 2.83. The molecule has 0 spiro atoms. The molecule has 0 fully saturated rings. The van der Waals surface area contributed by atoms with Crippen LogP contribution in [0.4, 0.5) is 0 Å². The molecule has 0 amide bonds. The number of methoxy groups -OCH3 is 1. The lowest BCUT2D eigenvalue weighted by Gasteiger charge is -2.33. The highest BCUT2D eigenvalue weighted by molar-refractivity contribution is 5.24. The highest BCUT2D eigenvalue weighted by atomic mass is 16.5. The van der Waals surface area contributed by atoms with E-state index in [9.17, 15) is 0 Å². The number of nitrogens with zero attached hydrogens (tertiary/aromatic N) is 1. The molecule has 0 aliphatic heterocycles. The molecule has 0 radical (unpaired) electrons. The zero-order valence-corrected chi connectivity index (χ0v) is 14.4. The van der Waals surface area contributed by atoms with Crippen LogP contribution < -0.4 is 5.32 Å². The molecule has 0 saturated heterocycles. The van der Waals surface area contributed by atoms with Crippen molar-refractivity contribution in [3.05, 3.63) is 35.4 Å². The summed E-state index contributed by atoms with van der Waals surface area (Å²) in [6.07, 6.45) is 2.37. The zero-order valence-electron chi connectivity index (χ0n) is 14.4. The normalized spacial score (nSPS) is 13.1. The summed E-state index contributed by atoms with van der Waals surface area (Å²) in [6.45, 7) is 9.48. The minimum Gasteiger partial charge on any atom is -0.383 e. The number of nitrogens with one attached hydrogen (secondary N) is 1. The summed E-state index contributed by atoms with van der Waals surface area (Å²) in [5.74, 6) is 0. The molecule has 1 N–H and O–H groups in total. The summed E-state index contributed by atoms with van der Waals surface area (Å²) >= 11 is 0. The van der Waals surface area contributed by atoms with Crippen LogP contribution in [0, 0.1) is 6.92 Å². The van der Waals surface area contributed by atoms with Gasteiger partial charge in [0.1, 0.15) is 0 Å². The summed E-state index contributed by atoms with van der Waals surface area (Å²) < 4.78 is 5.29. The third-order valence-electron chi connectivity index (χ3n) is 4.29. The molecule has 3 heteroatoms. The second-order valence-electron chi connectivity index (χ2n) is 5.71. The molecule has 21 heavy (non-hydrogen) atoms. The largest absolute Gasteiger partial charge is 0.383 e. The van der Waals surface area contributed by atoms with Gasteiger partial charge in [-0.3, -0.25) is 4.90 Å². The van der Waals surface area contributed by atoms with Gasteiger partial charge in [0.05, 0.1) is 6.61 Å². The molecule has 1 atom stereocenters. The van der Waals surface area contributed by atoms with Crippen LogP contribution in [-0.2, 0) is 4.74 Å². The molecule has 1 rings (SSSR count). The first-order valence-corrected chi connectivity index (χ1v) is 8.13. The van der Waals surface area contributed by atoms with Crippen LogP contribution in [0.1, 0.15) is 43.9 Å². The Morgan fingerprint density at radius 3 is 2.24 bits per heavy atom. The van der Waals surface area contributed by atoms with Crippen LogP contribution in [-0.4, -0.2) is 44.8 Å². The maximum absolute atomic E-state index is 5.29. The number of hydrogen-bond donors (Lipinski definition) is 1. The number of ether oxygens (including phenoxy) is 1. The van der Waals surface area contributed by atoms with E-state index in [1.807, 2.05) is 7.05 Å².